The zero-order valence-corrected chi connectivity index (χ0v) is 17.2. The molecule has 0 aliphatic carbocycles. The molecule has 0 aromatic heterocycles. The fourth-order valence-corrected chi connectivity index (χ4v) is 2.82. The zero-order chi connectivity index (χ0) is 23.0. The molecule has 31 heavy (non-hydrogen) atoms. The van der Waals surface area contributed by atoms with Gasteiger partial charge in [0.2, 0.25) is 0 Å². The summed E-state index contributed by atoms with van der Waals surface area (Å²) in [5.74, 6) is -0.641. The largest absolute Gasteiger partial charge is 0.504 e. The Kier molecular flexibility index (Phi) is 7.60. The maximum Gasteiger partial charge on any atom is 0.412 e. The smallest absolute Gasteiger partial charge is 0.412 e. The van der Waals surface area contributed by atoms with Crippen LogP contribution in [0.25, 0.3) is 0 Å². The van der Waals surface area contributed by atoms with Crippen LogP contribution in [0.15, 0.2) is 54.6 Å². The molecule has 9 nitrogen and oxygen atoms in total. The minimum Gasteiger partial charge on any atom is -0.504 e. The SMILES string of the molecule is COc1ccc([C@@H](OC(=O)Nc2ccc(C#N)cc2)C(C)(C)/C=C/C(=O)NO)cc1O. The molecule has 2 amide bonds. The lowest BCUT2D eigenvalue weighted by Crippen LogP contribution is -2.28. The minimum absolute atomic E-state index is 0.144. The van der Waals surface area contributed by atoms with Gasteiger partial charge in [-0.05, 0) is 42.0 Å². The fourth-order valence-electron chi connectivity index (χ4n) is 2.82. The lowest BCUT2D eigenvalue weighted by Gasteiger charge is -2.32. The number of carbonyl (C=O) groups excluding carboxylic acids is 2. The van der Waals surface area contributed by atoms with E-state index in [1.54, 1.807) is 44.2 Å². The van der Waals surface area contributed by atoms with E-state index in [-0.39, 0.29) is 11.5 Å². The molecule has 2 aromatic rings. The number of hydrogen-bond donors (Lipinski definition) is 4. The van der Waals surface area contributed by atoms with E-state index in [1.807, 2.05) is 6.07 Å². The number of hydroxylamine groups is 1. The van der Waals surface area contributed by atoms with E-state index in [2.05, 4.69) is 5.32 Å². The molecule has 0 unspecified atom stereocenters. The number of ether oxygens (including phenoxy) is 2. The topological polar surface area (TPSA) is 141 Å². The Labute approximate surface area is 179 Å². The highest BCUT2D eigenvalue weighted by molar-refractivity contribution is 5.86. The Bertz CT molecular complexity index is 1010. The number of nitrogens with zero attached hydrogens (tertiary/aromatic N) is 1. The Morgan fingerprint density at radius 2 is 1.87 bits per heavy atom. The van der Waals surface area contributed by atoms with Crippen molar-refractivity contribution >= 4 is 17.7 Å². The van der Waals surface area contributed by atoms with E-state index in [9.17, 15) is 14.7 Å². The van der Waals surface area contributed by atoms with Gasteiger partial charge in [-0.25, -0.2) is 10.3 Å². The molecule has 162 valence electrons. The summed E-state index contributed by atoms with van der Waals surface area (Å²) >= 11 is 0. The Morgan fingerprint density at radius 3 is 2.42 bits per heavy atom. The van der Waals surface area contributed by atoms with Crippen molar-refractivity contribution in [1.29, 1.82) is 5.26 Å². The molecule has 0 aliphatic heterocycles. The normalized spacial score (nSPS) is 12.0. The van der Waals surface area contributed by atoms with Gasteiger partial charge in [-0.3, -0.25) is 15.3 Å². The third-order valence-corrected chi connectivity index (χ3v) is 4.44. The van der Waals surface area contributed by atoms with Crippen LogP contribution in [-0.4, -0.2) is 29.4 Å². The van der Waals surface area contributed by atoms with Gasteiger partial charge in [0.15, 0.2) is 11.5 Å². The molecular formula is C22H23N3O6. The van der Waals surface area contributed by atoms with E-state index in [4.69, 9.17) is 19.9 Å². The number of phenolic OH excluding ortho intramolecular Hbond substituents is 1. The number of methoxy groups -OCH3 is 1. The molecular weight excluding hydrogens is 402 g/mol. The number of phenols is 1. The van der Waals surface area contributed by atoms with E-state index in [0.29, 0.717) is 16.8 Å². The van der Waals surface area contributed by atoms with Crippen LogP contribution < -0.4 is 15.5 Å². The summed E-state index contributed by atoms with van der Waals surface area (Å²) in [6.45, 7) is 3.43. The summed E-state index contributed by atoms with van der Waals surface area (Å²) in [7, 11) is 1.41. The van der Waals surface area contributed by atoms with Crippen LogP contribution in [0.5, 0.6) is 11.5 Å². The lowest BCUT2D eigenvalue weighted by molar-refractivity contribution is -0.124. The van der Waals surface area contributed by atoms with Crippen molar-refractivity contribution in [2.24, 2.45) is 5.41 Å². The molecule has 2 aromatic carbocycles. The van der Waals surface area contributed by atoms with E-state index in [1.165, 1.54) is 30.8 Å². The molecule has 0 aliphatic rings. The number of benzene rings is 2. The van der Waals surface area contributed by atoms with Gasteiger partial charge in [0, 0.05) is 17.2 Å². The Morgan fingerprint density at radius 1 is 1.19 bits per heavy atom. The van der Waals surface area contributed by atoms with E-state index >= 15 is 0 Å². The highest BCUT2D eigenvalue weighted by Crippen LogP contribution is 2.41. The summed E-state index contributed by atoms with van der Waals surface area (Å²) in [5, 5.41) is 30.3. The number of amides is 2. The molecule has 4 N–H and O–H groups in total. The molecule has 0 saturated heterocycles. The summed E-state index contributed by atoms with van der Waals surface area (Å²) < 4.78 is 10.7. The maximum absolute atomic E-state index is 12.6. The highest BCUT2D eigenvalue weighted by Gasteiger charge is 2.33. The van der Waals surface area contributed by atoms with Crippen LogP contribution >= 0.6 is 0 Å². The van der Waals surface area contributed by atoms with Crippen LogP contribution in [0, 0.1) is 16.7 Å². The average Bonchev–Trinajstić information content (AvgIpc) is 2.76. The molecule has 0 radical (unpaired) electrons. The molecule has 9 heteroatoms. The standard InChI is InChI=1S/C22H23N3O6/c1-22(2,11-10-19(27)25-29)20(15-6-9-18(30-3)17(26)12-15)31-21(28)24-16-7-4-14(13-23)5-8-16/h4-12,20,26,29H,1-3H3,(H,24,28)(H,25,27)/b11-10+/t20-/m1/s1. The summed E-state index contributed by atoms with van der Waals surface area (Å²) in [5.41, 5.74) is 1.90. The van der Waals surface area contributed by atoms with Crippen molar-refractivity contribution in [2.45, 2.75) is 20.0 Å². The van der Waals surface area contributed by atoms with Crippen molar-refractivity contribution in [3.8, 4) is 17.6 Å². The predicted octanol–water partition coefficient (Wildman–Crippen LogP) is 3.65. The van der Waals surface area contributed by atoms with Crippen LogP contribution in [-0.2, 0) is 9.53 Å². The van der Waals surface area contributed by atoms with Crippen molar-refractivity contribution in [3.63, 3.8) is 0 Å². The second-order valence-electron chi connectivity index (χ2n) is 7.16. The first-order valence-electron chi connectivity index (χ1n) is 9.18. The number of nitriles is 1. The molecule has 0 heterocycles. The van der Waals surface area contributed by atoms with Crippen LogP contribution in [0.4, 0.5) is 10.5 Å². The van der Waals surface area contributed by atoms with Crippen LogP contribution in [0.3, 0.4) is 0 Å². The number of rotatable bonds is 7. The third-order valence-electron chi connectivity index (χ3n) is 4.44. The van der Waals surface area contributed by atoms with E-state index in [0.717, 1.165) is 6.08 Å². The fraction of sp³-hybridized carbons (Fsp3) is 0.227. The molecule has 0 spiro atoms. The summed E-state index contributed by atoms with van der Waals surface area (Å²) in [6, 6.07) is 12.8. The summed E-state index contributed by atoms with van der Waals surface area (Å²) in [4.78, 5) is 24.0. The lowest BCUT2D eigenvalue weighted by atomic mass is 9.82. The molecule has 0 saturated carbocycles. The molecule has 2 rings (SSSR count). The Balaban J connectivity index is 2.33. The number of nitrogens with one attached hydrogen (secondary N) is 2. The number of carbonyl (C=O) groups is 2. The second kappa shape index (κ2) is 10.1. The minimum atomic E-state index is -0.926. The van der Waals surface area contributed by atoms with Gasteiger partial charge >= 0.3 is 6.09 Å². The van der Waals surface area contributed by atoms with Crippen LogP contribution in [0.1, 0.15) is 31.1 Å². The van der Waals surface area contributed by atoms with Crippen molar-refractivity contribution in [2.75, 3.05) is 12.4 Å². The van der Waals surface area contributed by atoms with Crippen molar-refractivity contribution < 1.29 is 29.4 Å². The quantitative estimate of drug-likeness (QED) is 0.301. The van der Waals surface area contributed by atoms with Gasteiger partial charge in [-0.2, -0.15) is 5.26 Å². The first kappa shape index (κ1) is 23.3. The number of aromatic hydroxyl groups is 1. The van der Waals surface area contributed by atoms with Gasteiger partial charge in [0.05, 0.1) is 18.7 Å². The maximum atomic E-state index is 12.6. The number of hydrogen-bond acceptors (Lipinski definition) is 7. The molecule has 0 fully saturated rings. The van der Waals surface area contributed by atoms with Gasteiger partial charge in [0.1, 0.15) is 6.10 Å². The van der Waals surface area contributed by atoms with Crippen molar-refractivity contribution in [1.82, 2.24) is 5.48 Å². The first-order valence-corrected chi connectivity index (χ1v) is 9.18. The second-order valence-corrected chi connectivity index (χ2v) is 7.16. The van der Waals surface area contributed by atoms with Gasteiger partial charge in [-0.15, -0.1) is 0 Å². The third kappa shape index (κ3) is 6.22. The van der Waals surface area contributed by atoms with Gasteiger partial charge in [0.25, 0.3) is 5.91 Å². The average molecular weight is 425 g/mol. The molecule has 0 bridgehead atoms. The van der Waals surface area contributed by atoms with Gasteiger partial charge < -0.3 is 14.6 Å². The number of anilines is 1. The Hall–Kier alpha value is -4.03. The summed E-state index contributed by atoms with van der Waals surface area (Å²) in [6.07, 6.45) is 0.876. The monoisotopic (exact) mass is 425 g/mol. The first-order chi connectivity index (χ1) is 14.7. The van der Waals surface area contributed by atoms with Crippen LogP contribution in [0.2, 0.25) is 0 Å². The van der Waals surface area contributed by atoms with E-state index < -0.39 is 23.5 Å². The van der Waals surface area contributed by atoms with Gasteiger partial charge in [-0.1, -0.05) is 26.0 Å². The van der Waals surface area contributed by atoms with Crippen molar-refractivity contribution in [3.05, 3.63) is 65.7 Å². The highest BCUT2D eigenvalue weighted by atomic mass is 16.6. The molecule has 1 atom stereocenters. The zero-order valence-electron chi connectivity index (χ0n) is 17.2. The predicted molar refractivity (Wildman–Crippen MR) is 112 cm³/mol.